The van der Waals surface area contributed by atoms with Gasteiger partial charge in [0.25, 0.3) is 0 Å². The van der Waals surface area contributed by atoms with Crippen LogP contribution in [-0.2, 0) is 0 Å². The topological polar surface area (TPSA) is 106 Å². The second-order valence-corrected chi connectivity index (χ2v) is 6.99. The quantitative estimate of drug-likeness (QED) is 0.552. The minimum Gasteiger partial charge on any atom is -0.497 e. The highest BCUT2D eigenvalue weighted by Crippen LogP contribution is 2.37. The van der Waals surface area contributed by atoms with Gasteiger partial charge in [0.2, 0.25) is 11.6 Å². The van der Waals surface area contributed by atoms with E-state index in [9.17, 15) is 10.1 Å². The van der Waals surface area contributed by atoms with Gasteiger partial charge < -0.3 is 24.6 Å². The Kier molecular flexibility index (Phi) is 6.32. The summed E-state index contributed by atoms with van der Waals surface area (Å²) in [5, 5.41) is 14.9. The SMILES string of the molecule is COc1ccc(Nc2ncnc(N(C)C3CCN(C)CC3)c2[N+](=O)[O-])c(OC)c1. The van der Waals surface area contributed by atoms with E-state index in [1.165, 1.54) is 13.4 Å². The summed E-state index contributed by atoms with van der Waals surface area (Å²) in [6, 6.07) is 5.34. The van der Waals surface area contributed by atoms with Crippen LogP contribution >= 0.6 is 0 Å². The fourth-order valence-electron chi connectivity index (χ4n) is 3.47. The summed E-state index contributed by atoms with van der Waals surface area (Å²) < 4.78 is 10.6. The number of nitrogens with one attached hydrogen (secondary N) is 1. The van der Waals surface area contributed by atoms with Crippen LogP contribution in [0.15, 0.2) is 24.5 Å². The molecule has 0 saturated carbocycles. The van der Waals surface area contributed by atoms with E-state index in [-0.39, 0.29) is 17.5 Å². The predicted octanol–water partition coefficient (Wildman–Crippen LogP) is 2.68. The molecule has 1 aliphatic heterocycles. The number of hydrogen-bond acceptors (Lipinski definition) is 9. The molecule has 1 aliphatic rings. The highest BCUT2D eigenvalue weighted by molar-refractivity contribution is 5.76. The molecule has 0 spiro atoms. The van der Waals surface area contributed by atoms with Gasteiger partial charge in [0.15, 0.2) is 0 Å². The first-order valence-corrected chi connectivity index (χ1v) is 9.34. The summed E-state index contributed by atoms with van der Waals surface area (Å²) >= 11 is 0. The van der Waals surface area contributed by atoms with Gasteiger partial charge in [-0.25, -0.2) is 9.97 Å². The van der Waals surface area contributed by atoms with Crippen LogP contribution in [-0.4, -0.2) is 67.2 Å². The van der Waals surface area contributed by atoms with Crippen molar-refractivity contribution >= 4 is 23.0 Å². The second kappa shape index (κ2) is 8.91. The molecule has 0 unspecified atom stereocenters. The molecule has 10 heteroatoms. The van der Waals surface area contributed by atoms with E-state index in [0.717, 1.165) is 25.9 Å². The molecule has 10 nitrogen and oxygen atoms in total. The molecule has 2 aromatic rings. The van der Waals surface area contributed by atoms with Crippen molar-refractivity contribution in [2.24, 2.45) is 0 Å². The summed E-state index contributed by atoms with van der Waals surface area (Å²) in [6.45, 7) is 1.89. The highest BCUT2D eigenvalue weighted by atomic mass is 16.6. The molecule has 1 saturated heterocycles. The molecule has 156 valence electrons. The number of likely N-dealkylation sites (tertiary alicyclic amines) is 1. The molecule has 1 aromatic carbocycles. The molecule has 0 atom stereocenters. The Labute approximate surface area is 169 Å². The van der Waals surface area contributed by atoms with Gasteiger partial charge in [-0.1, -0.05) is 0 Å². The summed E-state index contributed by atoms with van der Waals surface area (Å²) in [6.07, 6.45) is 3.18. The van der Waals surface area contributed by atoms with Gasteiger partial charge >= 0.3 is 5.69 Å². The first-order valence-electron chi connectivity index (χ1n) is 9.34. The number of benzene rings is 1. The molecule has 0 aliphatic carbocycles. The highest BCUT2D eigenvalue weighted by Gasteiger charge is 2.30. The molecule has 1 fully saturated rings. The zero-order valence-electron chi connectivity index (χ0n) is 17.1. The molecule has 1 aromatic heterocycles. The number of nitrogens with zero attached hydrogens (tertiary/aromatic N) is 5. The van der Waals surface area contributed by atoms with Gasteiger partial charge in [-0.3, -0.25) is 10.1 Å². The Balaban J connectivity index is 1.94. The van der Waals surface area contributed by atoms with Gasteiger partial charge in [-0.05, 0) is 45.1 Å². The van der Waals surface area contributed by atoms with Gasteiger partial charge in [-0.15, -0.1) is 0 Å². The lowest BCUT2D eigenvalue weighted by atomic mass is 10.0. The number of nitro groups is 1. The van der Waals surface area contributed by atoms with Gasteiger partial charge in [0, 0.05) is 19.2 Å². The third-order valence-corrected chi connectivity index (χ3v) is 5.22. The maximum atomic E-state index is 11.9. The summed E-state index contributed by atoms with van der Waals surface area (Å²) in [5.74, 6) is 1.52. The van der Waals surface area contributed by atoms with Crippen molar-refractivity contribution in [2.75, 3.05) is 51.6 Å². The first kappa shape index (κ1) is 20.6. The Bertz CT molecular complexity index is 870. The number of rotatable bonds is 7. The van der Waals surface area contributed by atoms with Crippen LogP contribution in [0.4, 0.5) is 23.0 Å². The molecule has 0 bridgehead atoms. The van der Waals surface area contributed by atoms with Crippen molar-refractivity contribution in [1.29, 1.82) is 0 Å². The van der Waals surface area contributed by atoms with E-state index in [0.29, 0.717) is 23.0 Å². The number of methoxy groups -OCH3 is 2. The fourth-order valence-corrected chi connectivity index (χ4v) is 3.47. The zero-order valence-corrected chi connectivity index (χ0v) is 17.1. The van der Waals surface area contributed by atoms with Crippen LogP contribution in [0.2, 0.25) is 0 Å². The standard InChI is InChI=1S/C19H26N6O4/c1-23-9-7-13(8-10-23)24(2)19-17(25(26)27)18(20-12-21-19)22-15-6-5-14(28-3)11-16(15)29-4/h5-6,11-13H,7-10H2,1-4H3,(H,20,21,22). The lowest BCUT2D eigenvalue weighted by Crippen LogP contribution is -2.42. The molecule has 29 heavy (non-hydrogen) atoms. The maximum Gasteiger partial charge on any atom is 0.353 e. The Morgan fingerprint density at radius 2 is 1.97 bits per heavy atom. The Morgan fingerprint density at radius 1 is 1.24 bits per heavy atom. The Hall–Kier alpha value is -3.14. The molecule has 2 heterocycles. The number of ether oxygens (including phenoxy) is 2. The van der Waals surface area contributed by atoms with Gasteiger partial charge in [-0.2, -0.15) is 0 Å². The average molecular weight is 402 g/mol. The van der Waals surface area contributed by atoms with Crippen LogP contribution < -0.4 is 19.7 Å². The largest absolute Gasteiger partial charge is 0.497 e. The van der Waals surface area contributed by atoms with Gasteiger partial charge in [0.1, 0.15) is 17.8 Å². The van der Waals surface area contributed by atoms with E-state index < -0.39 is 4.92 Å². The van der Waals surface area contributed by atoms with E-state index in [2.05, 4.69) is 27.2 Å². The predicted molar refractivity (Wildman–Crippen MR) is 110 cm³/mol. The smallest absolute Gasteiger partial charge is 0.353 e. The third-order valence-electron chi connectivity index (χ3n) is 5.22. The lowest BCUT2D eigenvalue weighted by Gasteiger charge is -2.35. The molecule has 3 rings (SSSR count). The zero-order chi connectivity index (χ0) is 21.0. The number of hydrogen-bond donors (Lipinski definition) is 1. The normalized spacial score (nSPS) is 15.0. The first-order chi connectivity index (χ1) is 13.9. The van der Waals surface area contributed by atoms with Crippen molar-refractivity contribution in [3.63, 3.8) is 0 Å². The van der Waals surface area contributed by atoms with Crippen molar-refractivity contribution in [1.82, 2.24) is 14.9 Å². The van der Waals surface area contributed by atoms with Crippen molar-refractivity contribution < 1.29 is 14.4 Å². The van der Waals surface area contributed by atoms with Crippen LogP contribution in [0.3, 0.4) is 0 Å². The van der Waals surface area contributed by atoms with Crippen LogP contribution in [0.5, 0.6) is 11.5 Å². The minimum atomic E-state index is -0.445. The third kappa shape index (κ3) is 4.48. The molecule has 1 N–H and O–H groups in total. The number of piperidine rings is 1. The van der Waals surface area contributed by atoms with E-state index in [4.69, 9.17) is 9.47 Å². The van der Waals surface area contributed by atoms with Crippen molar-refractivity contribution in [3.8, 4) is 11.5 Å². The number of anilines is 3. The molecule has 0 radical (unpaired) electrons. The molecular formula is C19H26N6O4. The van der Waals surface area contributed by atoms with Crippen molar-refractivity contribution in [2.45, 2.75) is 18.9 Å². The summed E-state index contributed by atoms with van der Waals surface area (Å²) in [5.41, 5.74) is 0.384. The van der Waals surface area contributed by atoms with Crippen molar-refractivity contribution in [3.05, 3.63) is 34.6 Å². The van der Waals surface area contributed by atoms with E-state index in [1.807, 2.05) is 11.9 Å². The van der Waals surface area contributed by atoms with Crippen LogP contribution in [0.1, 0.15) is 12.8 Å². The average Bonchev–Trinajstić information content (AvgIpc) is 2.73. The lowest BCUT2D eigenvalue weighted by molar-refractivity contribution is -0.383. The Morgan fingerprint density at radius 3 is 2.59 bits per heavy atom. The van der Waals surface area contributed by atoms with Crippen LogP contribution in [0, 0.1) is 10.1 Å². The molecular weight excluding hydrogens is 376 g/mol. The second-order valence-electron chi connectivity index (χ2n) is 6.99. The van der Waals surface area contributed by atoms with Crippen LogP contribution in [0.25, 0.3) is 0 Å². The minimum absolute atomic E-state index is 0.114. The maximum absolute atomic E-state index is 11.9. The summed E-state index contributed by atoms with van der Waals surface area (Å²) in [4.78, 5) is 24.0. The van der Waals surface area contributed by atoms with E-state index >= 15 is 0 Å². The summed E-state index contributed by atoms with van der Waals surface area (Å²) in [7, 11) is 7.01. The fraction of sp³-hybridized carbons (Fsp3) is 0.474. The van der Waals surface area contributed by atoms with E-state index in [1.54, 1.807) is 25.3 Å². The number of aromatic nitrogens is 2. The monoisotopic (exact) mass is 402 g/mol. The van der Waals surface area contributed by atoms with Gasteiger partial charge in [0.05, 0.1) is 24.8 Å². The molecule has 0 amide bonds.